The van der Waals surface area contributed by atoms with Crippen LogP contribution in [0, 0.1) is 23.4 Å². The molecule has 2 N–H and O–H groups in total. The van der Waals surface area contributed by atoms with Crippen LogP contribution < -0.4 is 10.6 Å². The summed E-state index contributed by atoms with van der Waals surface area (Å²) < 4.78 is 39.4. The molecule has 0 aliphatic heterocycles. The molecule has 24 heavy (non-hydrogen) atoms. The van der Waals surface area contributed by atoms with Gasteiger partial charge < -0.3 is 10.6 Å². The van der Waals surface area contributed by atoms with Gasteiger partial charge in [-0.3, -0.25) is 14.5 Å². The number of hydrogen-bond donors (Lipinski definition) is 2. The Morgan fingerprint density at radius 3 is 2.33 bits per heavy atom. The number of carbonyl (C=O) groups is 2. The molecule has 5 nitrogen and oxygen atoms in total. The Balaban J connectivity index is 2.44. The predicted octanol–water partition coefficient (Wildman–Crippen LogP) is 2.14. The highest BCUT2D eigenvalue weighted by molar-refractivity contribution is 5.92. The van der Waals surface area contributed by atoms with E-state index >= 15 is 0 Å². The highest BCUT2D eigenvalue weighted by atomic mass is 19.2. The van der Waals surface area contributed by atoms with Gasteiger partial charge in [0, 0.05) is 6.54 Å². The Bertz CT molecular complexity index is 594. The van der Waals surface area contributed by atoms with E-state index in [-0.39, 0.29) is 19.0 Å². The molecule has 0 aliphatic carbocycles. The molecule has 134 valence electrons. The minimum Gasteiger partial charge on any atom is -0.355 e. The van der Waals surface area contributed by atoms with Gasteiger partial charge in [0.2, 0.25) is 11.8 Å². The molecule has 0 bridgehead atoms. The Hall–Kier alpha value is -2.09. The molecule has 0 unspecified atom stereocenters. The standard InChI is InChI=1S/C16H22F3N3O2/c1-10(2)6-7-20-13(23)8-22(3)9-14(24)21-12-5-4-11(17)15(18)16(12)19/h4-5,10H,6-9H2,1-3H3,(H,20,23)(H,21,24). The highest BCUT2D eigenvalue weighted by Gasteiger charge is 2.16. The van der Waals surface area contributed by atoms with Crippen molar-refractivity contribution in [2.75, 3.05) is 32.0 Å². The van der Waals surface area contributed by atoms with Crippen molar-refractivity contribution < 1.29 is 22.8 Å². The average molecular weight is 345 g/mol. The topological polar surface area (TPSA) is 61.4 Å². The number of nitrogens with zero attached hydrogens (tertiary/aromatic N) is 1. The van der Waals surface area contributed by atoms with Crippen molar-refractivity contribution in [1.29, 1.82) is 0 Å². The maximum absolute atomic E-state index is 13.5. The number of amides is 2. The quantitative estimate of drug-likeness (QED) is 0.710. The van der Waals surface area contributed by atoms with Gasteiger partial charge in [-0.1, -0.05) is 13.8 Å². The van der Waals surface area contributed by atoms with Gasteiger partial charge in [0.05, 0.1) is 18.8 Å². The number of halogens is 3. The minimum atomic E-state index is -1.65. The van der Waals surface area contributed by atoms with Crippen LogP contribution in [0.4, 0.5) is 18.9 Å². The van der Waals surface area contributed by atoms with Crippen molar-refractivity contribution in [2.24, 2.45) is 5.92 Å². The summed E-state index contributed by atoms with van der Waals surface area (Å²) >= 11 is 0. The van der Waals surface area contributed by atoms with Crippen molar-refractivity contribution in [3.8, 4) is 0 Å². The van der Waals surface area contributed by atoms with Crippen LogP contribution in [0.3, 0.4) is 0 Å². The fourth-order valence-electron chi connectivity index (χ4n) is 1.91. The molecule has 0 radical (unpaired) electrons. The molecule has 8 heteroatoms. The summed E-state index contributed by atoms with van der Waals surface area (Å²) in [6, 6.07) is 1.66. The summed E-state index contributed by atoms with van der Waals surface area (Å²) in [5.74, 6) is -4.84. The van der Waals surface area contributed by atoms with E-state index in [1.807, 2.05) is 13.8 Å². The van der Waals surface area contributed by atoms with Crippen molar-refractivity contribution in [3.63, 3.8) is 0 Å². The Morgan fingerprint density at radius 1 is 1.08 bits per heavy atom. The molecule has 0 spiro atoms. The van der Waals surface area contributed by atoms with Crippen LogP contribution >= 0.6 is 0 Å². The number of carbonyl (C=O) groups excluding carboxylic acids is 2. The molecule has 0 atom stereocenters. The third-order valence-corrected chi connectivity index (χ3v) is 3.18. The van der Waals surface area contributed by atoms with Crippen molar-refractivity contribution in [2.45, 2.75) is 20.3 Å². The van der Waals surface area contributed by atoms with Crippen LogP contribution in [0.15, 0.2) is 12.1 Å². The molecule has 1 rings (SSSR count). The molecule has 0 aromatic heterocycles. The van der Waals surface area contributed by atoms with E-state index in [4.69, 9.17) is 0 Å². The zero-order valence-electron chi connectivity index (χ0n) is 14.0. The average Bonchev–Trinajstić information content (AvgIpc) is 2.47. The number of hydrogen-bond acceptors (Lipinski definition) is 3. The first kappa shape index (κ1) is 20.0. The van der Waals surface area contributed by atoms with E-state index in [0.29, 0.717) is 12.5 Å². The van der Waals surface area contributed by atoms with E-state index in [0.717, 1.165) is 18.6 Å². The lowest BCUT2D eigenvalue weighted by Crippen LogP contribution is -2.39. The minimum absolute atomic E-state index is 0.00816. The number of rotatable bonds is 8. The van der Waals surface area contributed by atoms with Crippen LogP contribution in [-0.4, -0.2) is 43.4 Å². The first-order valence-electron chi connectivity index (χ1n) is 7.59. The molecule has 0 fully saturated rings. The van der Waals surface area contributed by atoms with Crippen LogP contribution in [-0.2, 0) is 9.59 Å². The molecule has 2 amide bonds. The van der Waals surface area contributed by atoms with Gasteiger partial charge >= 0.3 is 0 Å². The third kappa shape index (κ3) is 6.57. The van der Waals surface area contributed by atoms with Gasteiger partial charge in [-0.25, -0.2) is 13.2 Å². The van der Waals surface area contributed by atoms with E-state index in [2.05, 4.69) is 10.6 Å². The first-order valence-corrected chi connectivity index (χ1v) is 7.59. The summed E-state index contributed by atoms with van der Waals surface area (Å²) in [7, 11) is 1.54. The van der Waals surface area contributed by atoms with E-state index < -0.39 is 29.0 Å². The highest BCUT2D eigenvalue weighted by Crippen LogP contribution is 2.19. The lowest BCUT2D eigenvalue weighted by atomic mass is 10.1. The van der Waals surface area contributed by atoms with Gasteiger partial charge in [-0.05, 0) is 31.5 Å². The van der Waals surface area contributed by atoms with Gasteiger partial charge in [-0.2, -0.15) is 0 Å². The number of nitrogens with one attached hydrogen (secondary N) is 2. The maximum atomic E-state index is 13.5. The lowest BCUT2D eigenvalue weighted by Gasteiger charge is -2.16. The number of benzene rings is 1. The molecule has 1 aromatic carbocycles. The summed E-state index contributed by atoms with van der Waals surface area (Å²) in [6.45, 7) is 4.43. The maximum Gasteiger partial charge on any atom is 0.238 e. The fraction of sp³-hybridized carbons (Fsp3) is 0.500. The normalized spacial score (nSPS) is 11.0. The summed E-state index contributed by atoms with van der Waals surface area (Å²) in [5.41, 5.74) is -0.450. The number of anilines is 1. The van der Waals surface area contributed by atoms with Crippen molar-refractivity contribution >= 4 is 17.5 Å². The van der Waals surface area contributed by atoms with Gasteiger partial charge in [-0.15, -0.1) is 0 Å². The Labute approximate surface area is 139 Å². The summed E-state index contributed by atoms with van der Waals surface area (Å²) in [4.78, 5) is 24.9. The second kappa shape index (κ2) is 9.27. The van der Waals surface area contributed by atoms with Gasteiger partial charge in [0.25, 0.3) is 0 Å². The lowest BCUT2D eigenvalue weighted by molar-refractivity contribution is -0.123. The number of likely N-dealkylation sites (N-methyl/N-ethyl adjacent to an activating group) is 1. The molecule has 0 aliphatic rings. The zero-order valence-corrected chi connectivity index (χ0v) is 14.0. The predicted molar refractivity (Wildman–Crippen MR) is 84.9 cm³/mol. The third-order valence-electron chi connectivity index (χ3n) is 3.18. The Morgan fingerprint density at radius 2 is 1.71 bits per heavy atom. The summed E-state index contributed by atoms with van der Waals surface area (Å²) in [6.07, 6.45) is 0.853. The van der Waals surface area contributed by atoms with Crippen LogP contribution in [0.5, 0.6) is 0 Å². The van der Waals surface area contributed by atoms with Crippen LogP contribution in [0.1, 0.15) is 20.3 Å². The molecule has 1 aromatic rings. The molecule has 0 saturated carbocycles. The monoisotopic (exact) mass is 345 g/mol. The van der Waals surface area contributed by atoms with Crippen molar-refractivity contribution in [1.82, 2.24) is 10.2 Å². The zero-order chi connectivity index (χ0) is 18.3. The second-order valence-corrected chi connectivity index (χ2v) is 5.98. The largest absolute Gasteiger partial charge is 0.355 e. The molecule has 0 heterocycles. The van der Waals surface area contributed by atoms with E-state index in [9.17, 15) is 22.8 Å². The molecule has 0 saturated heterocycles. The van der Waals surface area contributed by atoms with Gasteiger partial charge in [0.1, 0.15) is 0 Å². The second-order valence-electron chi connectivity index (χ2n) is 5.98. The van der Waals surface area contributed by atoms with Gasteiger partial charge in [0.15, 0.2) is 17.5 Å². The first-order chi connectivity index (χ1) is 11.2. The van der Waals surface area contributed by atoms with E-state index in [1.54, 1.807) is 7.05 Å². The van der Waals surface area contributed by atoms with E-state index in [1.165, 1.54) is 4.90 Å². The Kier molecular flexibility index (Phi) is 7.70. The SMILES string of the molecule is CC(C)CCNC(=O)CN(C)CC(=O)Nc1ccc(F)c(F)c1F. The summed E-state index contributed by atoms with van der Waals surface area (Å²) in [5, 5.41) is 4.87. The fourth-order valence-corrected chi connectivity index (χ4v) is 1.91. The van der Waals surface area contributed by atoms with Crippen molar-refractivity contribution in [3.05, 3.63) is 29.6 Å². The smallest absolute Gasteiger partial charge is 0.238 e. The molecular weight excluding hydrogens is 323 g/mol. The van der Waals surface area contributed by atoms with Crippen LogP contribution in [0.25, 0.3) is 0 Å². The molecular formula is C16H22F3N3O2. The van der Waals surface area contributed by atoms with Crippen LogP contribution in [0.2, 0.25) is 0 Å².